The highest BCUT2D eigenvalue weighted by Gasteiger charge is 2.39. The summed E-state index contributed by atoms with van der Waals surface area (Å²) in [4.78, 5) is 0. The van der Waals surface area contributed by atoms with Crippen LogP contribution in [-0.2, 0) is 0 Å². The highest BCUT2D eigenvalue weighted by molar-refractivity contribution is 7.59. The zero-order chi connectivity index (χ0) is 13.9. The molecule has 3 fully saturated rings. The first-order chi connectivity index (χ1) is 9.77. The molecule has 0 nitrogen and oxygen atoms in total. The van der Waals surface area contributed by atoms with E-state index in [0.717, 1.165) is 28.8 Å². The van der Waals surface area contributed by atoms with E-state index in [1.807, 2.05) is 0 Å². The molecule has 20 heavy (non-hydrogen) atoms. The van der Waals surface area contributed by atoms with Gasteiger partial charge in [-0.3, -0.25) is 0 Å². The van der Waals surface area contributed by atoms with Crippen molar-refractivity contribution >= 4 is 7.92 Å². The van der Waals surface area contributed by atoms with E-state index in [2.05, 4.69) is 13.8 Å². The highest BCUT2D eigenvalue weighted by Crippen LogP contribution is 2.62. The summed E-state index contributed by atoms with van der Waals surface area (Å²) in [5, 5.41) is 0. The van der Waals surface area contributed by atoms with Gasteiger partial charge < -0.3 is 0 Å². The van der Waals surface area contributed by atoms with Crippen LogP contribution in [-0.4, -0.2) is 17.0 Å². The summed E-state index contributed by atoms with van der Waals surface area (Å²) >= 11 is 0. The smallest absolute Gasteiger partial charge is 0.0204 e. The lowest BCUT2D eigenvalue weighted by Crippen LogP contribution is -2.27. The first-order valence-electron chi connectivity index (χ1n) is 9.55. The van der Waals surface area contributed by atoms with Crippen LogP contribution in [0.5, 0.6) is 0 Å². The molecule has 116 valence electrons. The van der Waals surface area contributed by atoms with Gasteiger partial charge in [0.05, 0.1) is 0 Å². The van der Waals surface area contributed by atoms with Crippen molar-refractivity contribution in [1.82, 2.24) is 0 Å². The minimum Gasteiger partial charge on any atom is -0.0971 e. The molecule has 3 rings (SSSR count). The van der Waals surface area contributed by atoms with E-state index in [-0.39, 0.29) is 0 Å². The molecule has 0 N–H and O–H groups in total. The predicted octanol–water partition coefficient (Wildman–Crippen LogP) is 6.57. The van der Waals surface area contributed by atoms with Crippen molar-refractivity contribution in [3.05, 3.63) is 0 Å². The van der Waals surface area contributed by atoms with E-state index >= 15 is 0 Å². The number of rotatable bonds is 5. The van der Waals surface area contributed by atoms with Gasteiger partial charge >= 0.3 is 0 Å². The Morgan fingerprint density at radius 2 is 0.950 bits per heavy atom. The second kappa shape index (κ2) is 7.13. The van der Waals surface area contributed by atoms with Gasteiger partial charge in [0.1, 0.15) is 0 Å². The molecule has 0 bridgehead atoms. The molecule has 0 spiro atoms. The van der Waals surface area contributed by atoms with Crippen LogP contribution in [0.1, 0.15) is 90.9 Å². The molecule has 0 heterocycles. The molecular formula is C19H35P. The van der Waals surface area contributed by atoms with E-state index < -0.39 is 0 Å². The van der Waals surface area contributed by atoms with E-state index in [9.17, 15) is 0 Å². The maximum absolute atomic E-state index is 2.67. The van der Waals surface area contributed by atoms with Crippen molar-refractivity contribution < 1.29 is 0 Å². The first-order valence-corrected chi connectivity index (χ1v) is 11.1. The summed E-state index contributed by atoms with van der Waals surface area (Å²) in [6.45, 7) is 5.34. The quantitative estimate of drug-likeness (QED) is 0.503. The normalized spacial score (nSPS) is 29.6. The van der Waals surface area contributed by atoms with Crippen molar-refractivity contribution in [2.24, 2.45) is 11.8 Å². The second-order valence-corrected chi connectivity index (χ2v) is 11.2. The zero-order valence-corrected chi connectivity index (χ0v) is 14.7. The summed E-state index contributed by atoms with van der Waals surface area (Å²) < 4.78 is 0. The Morgan fingerprint density at radius 1 is 0.600 bits per heavy atom. The van der Waals surface area contributed by atoms with Crippen LogP contribution in [0, 0.1) is 11.8 Å². The Bertz CT molecular complexity index is 260. The average Bonchev–Trinajstić information content (AvgIpc) is 3.20. The minimum absolute atomic E-state index is 0.294. The summed E-state index contributed by atoms with van der Waals surface area (Å²) in [6, 6.07) is 0. The SMILES string of the molecule is C[C@@H](C1CCCC1)P(C1CCCC1)[C@@H](C)C1CCCC1. The molecule has 0 aromatic carbocycles. The van der Waals surface area contributed by atoms with Crippen molar-refractivity contribution in [1.29, 1.82) is 0 Å². The molecular weight excluding hydrogens is 259 g/mol. The van der Waals surface area contributed by atoms with Crippen LogP contribution in [0.15, 0.2) is 0 Å². The molecule has 0 aliphatic heterocycles. The Hall–Kier alpha value is 0.430. The third-order valence-electron chi connectivity index (χ3n) is 6.85. The molecule has 2 atom stereocenters. The largest absolute Gasteiger partial charge is 0.0971 e. The van der Waals surface area contributed by atoms with E-state index in [4.69, 9.17) is 0 Å². The fourth-order valence-electron chi connectivity index (χ4n) is 5.60. The van der Waals surface area contributed by atoms with Gasteiger partial charge in [0.15, 0.2) is 0 Å². The molecule has 0 amide bonds. The molecule has 0 radical (unpaired) electrons. The Kier molecular flexibility index (Phi) is 5.46. The van der Waals surface area contributed by atoms with Gasteiger partial charge in [-0.2, -0.15) is 0 Å². The topological polar surface area (TPSA) is 0 Å². The molecule has 3 aliphatic carbocycles. The van der Waals surface area contributed by atoms with Gasteiger partial charge in [0, 0.05) is 0 Å². The van der Waals surface area contributed by atoms with Crippen LogP contribution in [0.3, 0.4) is 0 Å². The van der Waals surface area contributed by atoms with Crippen molar-refractivity contribution in [3.8, 4) is 0 Å². The molecule has 3 aliphatic rings. The molecule has 0 aromatic rings. The number of hydrogen-bond acceptors (Lipinski definition) is 0. The van der Waals surface area contributed by atoms with E-state index in [1.165, 1.54) is 38.5 Å². The Labute approximate surface area is 128 Å². The summed E-state index contributed by atoms with van der Waals surface area (Å²) in [7, 11) is 0.294. The molecule has 3 saturated carbocycles. The van der Waals surface area contributed by atoms with Gasteiger partial charge in [-0.15, -0.1) is 0 Å². The summed E-state index contributed by atoms with van der Waals surface area (Å²) in [6.07, 6.45) is 18.6. The maximum Gasteiger partial charge on any atom is -0.0204 e. The molecule has 0 unspecified atom stereocenters. The van der Waals surface area contributed by atoms with Crippen LogP contribution >= 0.6 is 7.92 Å². The van der Waals surface area contributed by atoms with Crippen molar-refractivity contribution in [3.63, 3.8) is 0 Å². The van der Waals surface area contributed by atoms with Gasteiger partial charge in [0.2, 0.25) is 0 Å². The van der Waals surface area contributed by atoms with E-state index in [1.54, 1.807) is 38.5 Å². The predicted molar refractivity (Wildman–Crippen MR) is 92.0 cm³/mol. The second-order valence-electron chi connectivity index (χ2n) is 7.96. The minimum atomic E-state index is 0.294. The molecule has 1 heteroatoms. The van der Waals surface area contributed by atoms with Gasteiger partial charge in [-0.05, 0) is 67.3 Å². The standard InChI is InChI=1S/C19H35P/c1-15(17-9-3-4-10-17)20(19-13-7-8-14-19)16(2)18-11-5-6-12-18/h15-19H,3-14H2,1-2H3/t15-,16-/m0/s1. The van der Waals surface area contributed by atoms with E-state index in [0.29, 0.717) is 7.92 Å². The Morgan fingerprint density at radius 3 is 1.35 bits per heavy atom. The van der Waals surface area contributed by atoms with Crippen LogP contribution in [0.4, 0.5) is 0 Å². The fourth-order valence-corrected chi connectivity index (χ4v) is 10.2. The van der Waals surface area contributed by atoms with Crippen LogP contribution < -0.4 is 0 Å². The third-order valence-corrected chi connectivity index (χ3v) is 10.9. The summed E-state index contributed by atoms with van der Waals surface area (Å²) in [5.41, 5.74) is 3.30. The van der Waals surface area contributed by atoms with Crippen molar-refractivity contribution in [2.45, 2.75) is 108 Å². The highest BCUT2D eigenvalue weighted by atomic mass is 31.1. The zero-order valence-electron chi connectivity index (χ0n) is 13.8. The average molecular weight is 294 g/mol. The number of hydrogen-bond donors (Lipinski definition) is 0. The molecule has 0 saturated heterocycles. The fraction of sp³-hybridized carbons (Fsp3) is 1.00. The van der Waals surface area contributed by atoms with Gasteiger partial charge in [-0.25, -0.2) is 0 Å². The lowest BCUT2D eigenvalue weighted by molar-refractivity contribution is 0.502. The maximum atomic E-state index is 2.67. The van der Waals surface area contributed by atoms with Gasteiger partial charge in [0.25, 0.3) is 0 Å². The lowest BCUT2D eigenvalue weighted by atomic mass is 10.0. The first kappa shape index (κ1) is 15.3. The van der Waals surface area contributed by atoms with Gasteiger partial charge in [-0.1, -0.05) is 60.3 Å². The van der Waals surface area contributed by atoms with Crippen LogP contribution in [0.25, 0.3) is 0 Å². The van der Waals surface area contributed by atoms with Crippen molar-refractivity contribution in [2.75, 3.05) is 0 Å². The third kappa shape index (κ3) is 3.26. The monoisotopic (exact) mass is 294 g/mol. The van der Waals surface area contributed by atoms with Crippen LogP contribution in [0.2, 0.25) is 0 Å². The Balaban J connectivity index is 1.71. The summed E-state index contributed by atoms with van der Waals surface area (Å²) in [5.74, 6) is 2.20. The lowest BCUT2D eigenvalue weighted by Gasteiger charge is -2.41. The molecule has 0 aromatic heterocycles.